The maximum atomic E-state index is 13.0. The van der Waals surface area contributed by atoms with E-state index in [1.165, 1.54) is 10.4 Å². The van der Waals surface area contributed by atoms with Crippen LogP contribution in [-0.2, 0) is 17.1 Å². The highest BCUT2D eigenvalue weighted by Gasteiger charge is 2.30. The molecule has 1 aromatic carbocycles. The van der Waals surface area contributed by atoms with Gasteiger partial charge < -0.3 is 9.88 Å². The zero-order chi connectivity index (χ0) is 19.8. The van der Waals surface area contributed by atoms with Crippen molar-refractivity contribution in [3.05, 3.63) is 46.2 Å². The van der Waals surface area contributed by atoms with Crippen LogP contribution < -0.4 is 5.32 Å². The summed E-state index contributed by atoms with van der Waals surface area (Å²) >= 11 is 5.96. The van der Waals surface area contributed by atoms with Gasteiger partial charge in [-0.25, -0.2) is 8.42 Å². The molecule has 0 saturated carbocycles. The summed E-state index contributed by atoms with van der Waals surface area (Å²) in [5.41, 5.74) is 2.34. The molecule has 1 fully saturated rings. The van der Waals surface area contributed by atoms with Crippen LogP contribution in [0.15, 0.2) is 29.2 Å². The largest absolute Gasteiger partial charge is 0.343 e. The van der Waals surface area contributed by atoms with Crippen LogP contribution in [0.25, 0.3) is 0 Å². The minimum Gasteiger partial charge on any atom is -0.343 e. The van der Waals surface area contributed by atoms with Crippen LogP contribution in [0.1, 0.15) is 41.0 Å². The van der Waals surface area contributed by atoms with E-state index in [2.05, 4.69) is 5.32 Å². The van der Waals surface area contributed by atoms with Gasteiger partial charge in [-0.2, -0.15) is 4.31 Å². The Morgan fingerprint density at radius 3 is 2.41 bits per heavy atom. The van der Waals surface area contributed by atoms with Gasteiger partial charge in [-0.15, -0.1) is 0 Å². The van der Waals surface area contributed by atoms with E-state index in [1.54, 1.807) is 36.7 Å². The third kappa shape index (κ3) is 3.90. The third-order valence-electron chi connectivity index (χ3n) is 5.09. The molecule has 1 aromatic heterocycles. The van der Waals surface area contributed by atoms with Gasteiger partial charge >= 0.3 is 0 Å². The van der Waals surface area contributed by atoms with Gasteiger partial charge in [0.15, 0.2) is 0 Å². The topological polar surface area (TPSA) is 71.4 Å². The predicted molar refractivity (Wildman–Crippen MR) is 107 cm³/mol. The van der Waals surface area contributed by atoms with Gasteiger partial charge in [-0.3, -0.25) is 4.79 Å². The predicted octanol–water partition coefficient (Wildman–Crippen LogP) is 3.72. The number of hydrogen-bond acceptors (Lipinski definition) is 3. The molecule has 6 nitrogen and oxygen atoms in total. The van der Waals surface area contributed by atoms with Gasteiger partial charge in [0.25, 0.3) is 5.91 Å². The number of amides is 1. The quantitative estimate of drug-likeness (QED) is 0.836. The van der Waals surface area contributed by atoms with Gasteiger partial charge in [0.05, 0.1) is 0 Å². The number of hydrogen-bond donors (Lipinski definition) is 1. The molecule has 1 aliphatic rings. The van der Waals surface area contributed by atoms with Crippen molar-refractivity contribution in [2.45, 2.75) is 38.0 Å². The lowest BCUT2D eigenvalue weighted by Crippen LogP contribution is -2.35. The highest BCUT2D eigenvalue weighted by Crippen LogP contribution is 2.27. The second-order valence-electron chi connectivity index (χ2n) is 6.92. The number of rotatable bonds is 4. The van der Waals surface area contributed by atoms with Gasteiger partial charge in [0.2, 0.25) is 10.0 Å². The lowest BCUT2D eigenvalue weighted by Gasteiger charge is -2.25. The Hall–Kier alpha value is -1.83. The van der Waals surface area contributed by atoms with E-state index in [4.69, 9.17) is 11.6 Å². The summed E-state index contributed by atoms with van der Waals surface area (Å²) in [6.45, 7) is 4.63. The van der Waals surface area contributed by atoms with Crippen LogP contribution >= 0.6 is 11.6 Å². The van der Waals surface area contributed by atoms with Gasteiger partial charge in [-0.05, 0) is 56.5 Å². The molecule has 2 aromatic rings. The molecule has 0 atom stereocenters. The maximum absolute atomic E-state index is 13.0. The Kier molecular flexibility index (Phi) is 5.65. The molecule has 0 radical (unpaired) electrons. The zero-order valence-electron chi connectivity index (χ0n) is 15.8. The Morgan fingerprint density at radius 1 is 1.11 bits per heavy atom. The third-order valence-corrected chi connectivity index (χ3v) is 7.34. The van der Waals surface area contributed by atoms with Crippen molar-refractivity contribution in [3.63, 3.8) is 0 Å². The van der Waals surface area contributed by atoms with Crippen molar-refractivity contribution < 1.29 is 13.2 Å². The average molecular weight is 410 g/mol. The fraction of sp³-hybridized carbons (Fsp3) is 0.421. The molecule has 8 heteroatoms. The molecule has 3 rings (SSSR count). The summed E-state index contributed by atoms with van der Waals surface area (Å²) in [5, 5.41) is 3.43. The number of nitrogens with one attached hydrogen (secondary N) is 1. The molecule has 0 bridgehead atoms. The smallest absolute Gasteiger partial charge is 0.272 e. The first-order valence-corrected chi connectivity index (χ1v) is 10.8. The summed E-state index contributed by atoms with van der Waals surface area (Å²) in [7, 11) is -1.90. The van der Waals surface area contributed by atoms with E-state index in [-0.39, 0.29) is 10.8 Å². The first kappa shape index (κ1) is 19.9. The molecule has 1 N–H and O–H groups in total. The fourth-order valence-electron chi connectivity index (χ4n) is 3.35. The van der Waals surface area contributed by atoms with Gasteiger partial charge in [0.1, 0.15) is 10.6 Å². The molecule has 2 heterocycles. The molecular formula is C19H24ClN3O3S. The van der Waals surface area contributed by atoms with E-state index >= 15 is 0 Å². The fourth-order valence-corrected chi connectivity index (χ4v) is 5.36. The molecule has 146 valence electrons. The number of anilines is 1. The second-order valence-corrected chi connectivity index (χ2v) is 9.26. The number of aryl methyl sites for hydroxylation is 1. The number of carbonyl (C=O) groups is 1. The van der Waals surface area contributed by atoms with Crippen LogP contribution in [-0.4, -0.2) is 36.3 Å². The summed E-state index contributed by atoms with van der Waals surface area (Å²) in [6, 6.07) is 6.67. The number of sulfonamides is 1. The first-order valence-electron chi connectivity index (χ1n) is 8.96. The first-order chi connectivity index (χ1) is 12.7. The van der Waals surface area contributed by atoms with Crippen LogP contribution in [0.3, 0.4) is 0 Å². The number of benzene rings is 1. The van der Waals surface area contributed by atoms with Crippen molar-refractivity contribution >= 4 is 33.2 Å². The lowest BCUT2D eigenvalue weighted by atomic mass is 10.2. The van der Waals surface area contributed by atoms with Gasteiger partial charge in [0, 0.05) is 36.5 Å². The Bertz CT molecular complexity index is 976. The summed E-state index contributed by atoms with van der Waals surface area (Å²) in [5.74, 6) is -0.355. The van der Waals surface area contributed by atoms with E-state index in [0.29, 0.717) is 35.2 Å². The van der Waals surface area contributed by atoms with Crippen molar-refractivity contribution in [1.29, 1.82) is 0 Å². The van der Waals surface area contributed by atoms with Crippen molar-refractivity contribution in [2.24, 2.45) is 7.05 Å². The van der Waals surface area contributed by atoms with E-state index < -0.39 is 10.0 Å². The zero-order valence-corrected chi connectivity index (χ0v) is 17.3. The summed E-state index contributed by atoms with van der Waals surface area (Å²) in [4.78, 5) is 13.0. The van der Waals surface area contributed by atoms with Crippen molar-refractivity contribution in [1.82, 2.24) is 8.87 Å². The minimum absolute atomic E-state index is 0.199. The lowest BCUT2D eigenvalue weighted by molar-refractivity contribution is 0.101. The highest BCUT2D eigenvalue weighted by atomic mass is 35.5. The highest BCUT2D eigenvalue weighted by molar-refractivity contribution is 7.89. The standard InChI is InChI=1S/C19H24ClN3O3S/c1-13-11-15(20)7-8-16(13)21-19(24)17-12-18(14(2)22(17)3)27(25,26)23-9-5-4-6-10-23/h7-8,11-12H,4-6,9-10H2,1-3H3,(H,21,24). The van der Waals surface area contributed by atoms with Crippen molar-refractivity contribution in [3.8, 4) is 0 Å². The Balaban J connectivity index is 1.91. The van der Waals surface area contributed by atoms with Crippen LogP contribution in [0, 0.1) is 13.8 Å². The normalized spacial score (nSPS) is 15.7. The minimum atomic E-state index is -3.60. The van der Waals surface area contributed by atoms with E-state index in [1.807, 2.05) is 6.92 Å². The molecule has 0 spiro atoms. The number of nitrogens with zero attached hydrogens (tertiary/aromatic N) is 2. The Labute approximate surface area is 165 Å². The molecule has 0 unspecified atom stereocenters. The second kappa shape index (κ2) is 7.66. The summed E-state index contributed by atoms with van der Waals surface area (Å²) < 4.78 is 29.2. The molecule has 1 amide bonds. The van der Waals surface area contributed by atoms with Crippen molar-refractivity contribution in [2.75, 3.05) is 18.4 Å². The maximum Gasteiger partial charge on any atom is 0.272 e. The average Bonchev–Trinajstić information content (AvgIpc) is 2.94. The van der Waals surface area contributed by atoms with Crippen LogP contribution in [0.4, 0.5) is 5.69 Å². The number of piperidine rings is 1. The number of halogens is 1. The van der Waals surface area contributed by atoms with Gasteiger partial charge in [-0.1, -0.05) is 18.0 Å². The SMILES string of the molecule is Cc1cc(Cl)ccc1NC(=O)c1cc(S(=O)(=O)N2CCCCC2)c(C)n1C. The van der Waals surface area contributed by atoms with Crippen LogP contribution in [0.2, 0.25) is 5.02 Å². The summed E-state index contributed by atoms with van der Waals surface area (Å²) in [6.07, 6.45) is 2.79. The Morgan fingerprint density at radius 2 is 1.78 bits per heavy atom. The molecule has 27 heavy (non-hydrogen) atoms. The van der Waals surface area contributed by atoms with E-state index in [0.717, 1.165) is 24.8 Å². The molecule has 1 aliphatic heterocycles. The van der Waals surface area contributed by atoms with E-state index in [9.17, 15) is 13.2 Å². The molecular weight excluding hydrogens is 386 g/mol. The molecule has 0 aliphatic carbocycles. The molecule has 1 saturated heterocycles. The number of aromatic nitrogens is 1. The van der Waals surface area contributed by atoms with Crippen LogP contribution in [0.5, 0.6) is 0 Å². The monoisotopic (exact) mass is 409 g/mol. The number of carbonyl (C=O) groups excluding carboxylic acids is 1.